The molecule has 0 radical (unpaired) electrons. The molecule has 1 aliphatic rings. The van der Waals surface area contributed by atoms with Crippen LogP contribution in [0, 0.1) is 15.9 Å². The Morgan fingerprint density at radius 2 is 1.72 bits per heavy atom. The van der Waals surface area contributed by atoms with E-state index >= 15 is 0 Å². The fourth-order valence-electron chi connectivity index (χ4n) is 3.19. The molecule has 1 N–H and O–H groups in total. The second-order valence-corrected chi connectivity index (χ2v) is 9.00. The molecule has 2 aromatic carbocycles. The van der Waals surface area contributed by atoms with E-state index in [-0.39, 0.29) is 28.1 Å². The first kappa shape index (κ1) is 21.2. The number of rotatable bonds is 6. The standard InChI is InChI=1S/C19H23FN4O4S/c1-14(15-3-5-16(20)6-4-15)21-18-8-7-17(13-19(18)24(25)26)29(27,28)23-11-9-22(2)10-12-23/h3-8,13-14,21H,9-12H2,1-2H3/t14-/m1/s1. The third-order valence-corrected chi connectivity index (χ3v) is 6.90. The lowest BCUT2D eigenvalue weighted by Gasteiger charge is -2.31. The number of nitrogens with zero attached hydrogens (tertiary/aromatic N) is 3. The van der Waals surface area contributed by atoms with Crippen molar-refractivity contribution in [2.24, 2.45) is 0 Å². The molecular weight excluding hydrogens is 399 g/mol. The van der Waals surface area contributed by atoms with Gasteiger partial charge in [-0.05, 0) is 43.8 Å². The number of halogens is 1. The number of hydrogen-bond donors (Lipinski definition) is 1. The fourth-order valence-corrected chi connectivity index (χ4v) is 4.63. The van der Waals surface area contributed by atoms with Crippen molar-refractivity contribution in [2.45, 2.75) is 17.9 Å². The molecule has 1 atom stereocenters. The van der Waals surface area contributed by atoms with Crippen molar-refractivity contribution in [1.29, 1.82) is 0 Å². The predicted octanol–water partition coefficient (Wildman–Crippen LogP) is 2.84. The van der Waals surface area contributed by atoms with E-state index in [1.807, 2.05) is 11.9 Å². The monoisotopic (exact) mass is 422 g/mol. The number of nitro benzene ring substituents is 1. The molecule has 1 heterocycles. The van der Waals surface area contributed by atoms with Crippen molar-refractivity contribution in [2.75, 3.05) is 38.5 Å². The number of nitro groups is 1. The summed E-state index contributed by atoms with van der Waals surface area (Å²) < 4.78 is 40.2. The van der Waals surface area contributed by atoms with Crippen molar-refractivity contribution in [3.05, 3.63) is 64.0 Å². The van der Waals surface area contributed by atoms with Gasteiger partial charge in [-0.1, -0.05) is 12.1 Å². The smallest absolute Gasteiger partial charge is 0.293 e. The van der Waals surface area contributed by atoms with Gasteiger partial charge in [0, 0.05) is 38.3 Å². The Balaban J connectivity index is 1.87. The van der Waals surface area contributed by atoms with Gasteiger partial charge in [0.1, 0.15) is 11.5 Å². The van der Waals surface area contributed by atoms with Gasteiger partial charge in [0.2, 0.25) is 10.0 Å². The highest BCUT2D eigenvalue weighted by Gasteiger charge is 2.29. The van der Waals surface area contributed by atoms with Crippen LogP contribution in [0.15, 0.2) is 47.4 Å². The minimum absolute atomic E-state index is 0.103. The van der Waals surface area contributed by atoms with Crippen LogP contribution in [0.5, 0.6) is 0 Å². The summed E-state index contributed by atoms with van der Waals surface area (Å²) in [7, 11) is -1.90. The van der Waals surface area contributed by atoms with E-state index in [9.17, 15) is 22.9 Å². The molecule has 0 bridgehead atoms. The number of likely N-dealkylation sites (N-methyl/N-ethyl adjacent to an activating group) is 1. The molecule has 1 saturated heterocycles. The van der Waals surface area contributed by atoms with Crippen LogP contribution < -0.4 is 5.32 Å². The third kappa shape index (κ3) is 4.72. The maximum atomic E-state index is 13.1. The Labute approximate surface area is 169 Å². The second kappa shape index (κ2) is 8.44. The Kier molecular flexibility index (Phi) is 6.15. The van der Waals surface area contributed by atoms with E-state index in [0.29, 0.717) is 26.2 Å². The highest BCUT2D eigenvalue weighted by Crippen LogP contribution is 2.32. The summed E-state index contributed by atoms with van der Waals surface area (Å²) in [6, 6.07) is 9.33. The van der Waals surface area contributed by atoms with Crippen molar-refractivity contribution >= 4 is 21.4 Å². The van der Waals surface area contributed by atoms with Crippen LogP contribution in [-0.2, 0) is 10.0 Å². The SMILES string of the molecule is C[C@@H](Nc1ccc(S(=O)(=O)N2CCN(C)CC2)cc1[N+](=O)[O-])c1ccc(F)cc1. The van der Waals surface area contributed by atoms with Gasteiger partial charge < -0.3 is 10.2 Å². The topological polar surface area (TPSA) is 95.8 Å². The van der Waals surface area contributed by atoms with Crippen LogP contribution in [0.2, 0.25) is 0 Å². The summed E-state index contributed by atoms with van der Waals surface area (Å²) in [6.45, 7) is 3.68. The minimum Gasteiger partial charge on any atom is -0.373 e. The molecule has 8 nitrogen and oxygen atoms in total. The highest BCUT2D eigenvalue weighted by atomic mass is 32.2. The number of benzene rings is 2. The summed E-state index contributed by atoms with van der Waals surface area (Å²) in [5, 5.41) is 14.6. The summed E-state index contributed by atoms with van der Waals surface area (Å²) in [6.07, 6.45) is 0. The number of anilines is 1. The molecule has 156 valence electrons. The Hall–Kier alpha value is -2.56. The third-order valence-electron chi connectivity index (χ3n) is 5.01. The zero-order valence-corrected chi connectivity index (χ0v) is 17.0. The van der Waals surface area contributed by atoms with E-state index in [1.54, 1.807) is 19.1 Å². The number of sulfonamides is 1. The van der Waals surface area contributed by atoms with Crippen LogP contribution in [0.4, 0.5) is 15.8 Å². The molecule has 0 saturated carbocycles. The van der Waals surface area contributed by atoms with Crippen LogP contribution in [0.3, 0.4) is 0 Å². The average molecular weight is 422 g/mol. The van der Waals surface area contributed by atoms with E-state index in [0.717, 1.165) is 11.6 Å². The van der Waals surface area contributed by atoms with E-state index in [4.69, 9.17) is 0 Å². The number of hydrogen-bond acceptors (Lipinski definition) is 6. The number of piperazine rings is 1. The van der Waals surface area contributed by atoms with Crippen LogP contribution >= 0.6 is 0 Å². The first-order chi connectivity index (χ1) is 13.7. The zero-order chi connectivity index (χ0) is 21.2. The molecular formula is C19H23FN4O4S. The molecule has 10 heteroatoms. The van der Waals surface area contributed by atoms with Gasteiger partial charge in [0.15, 0.2) is 0 Å². The molecule has 0 amide bonds. The number of nitrogens with one attached hydrogen (secondary N) is 1. The van der Waals surface area contributed by atoms with Gasteiger partial charge in [0.25, 0.3) is 5.69 Å². The average Bonchev–Trinajstić information content (AvgIpc) is 2.68. The predicted molar refractivity (Wildman–Crippen MR) is 108 cm³/mol. The minimum atomic E-state index is -3.81. The van der Waals surface area contributed by atoms with Crippen LogP contribution in [-0.4, -0.2) is 55.8 Å². The summed E-state index contributed by atoms with van der Waals surface area (Å²) >= 11 is 0. The van der Waals surface area contributed by atoms with Gasteiger partial charge in [-0.3, -0.25) is 10.1 Å². The molecule has 1 fully saturated rings. The van der Waals surface area contributed by atoms with Crippen molar-refractivity contribution in [3.63, 3.8) is 0 Å². The van der Waals surface area contributed by atoms with Crippen molar-refractivity contribution in [1.82, 2.24) is 9.21 Å². The van der Waals surface area contributed by atoms with E-state index in [1.165, 1.54) is 28.6 Å². The van der Waals surface area contributed by atoms with E-state index in [2.05, 4.69) is 5.32 Å². The first-order valence-electron chi connectivity index (χ1n) is 9.17. The lowest BCUT2D eigenvalue weighted by atomic mass is 10.1. The Bertz CT molecular complexity index is 990. The maximum Gasteiger partial charge on any atom is 0.293 e. The first-order valence-corrected chi connectivity index (χ1v) is 10.6. The highest BCUT2D eigenvalue weighted by molar-refractivity contribution is 7.89. The zero-order valence-electron chi connectivity index (χ0n) is 16.2. The van der Waals surface area contributed by atoms with E-state index < -0.39 is 14.9 Å². The molecule has 1 aliphatic heterocycles. The lowest BCUT2D eigenvalue weighted by Crippen LogP contribution is -2.47. The lowest BCUT2D eigenvalue weighted by molar-refractivity contribution is -0.384. The second-order valence-electron chi connectivity index (χ2n) is 7.06. The molecule has 0 unspecified atom stereocenters. The largest absolute Gasteiger partial charge is 0.373 e. The quantitative estimate of drug-likeness (QED) is 0.568. The summed E-state index contributed by atoms with van der Waals surface area (Å²) in [4.78, 5) is 12.9. The molecule has 29 heavy (non-hydrogen) atoms. The molecule has 3 rings (SSSR count). The van der Waals surface area contributed by atoms with Gasteiger partial charge in [-0.25, -0.2) is 12.8 Å². The normalized spacial score (nSPS) is 17.1. The Morgan fingerprint density at radius 3 is 2.31 bits per heavy atom. The summed E-state index contributed by atoms with van der Waals surface area (Å²) in [5.41, 5.74) is 0.619. The maximum absolute atomic E-state index is 13.1. The van der Waals surface area contributed by atoms with Gasteiger partial charge in [-0.15, -0.1) is 0 Å². The van der Waals surface area contributed by atoms with Crippen molar-refractivity contribution < 1.29 is 17.7 Å². The Morgan fingerprint density at radius 1 is 1.10 bits per heavy atom. The molecule has 0 spiro atoms. The molecule has 2 aromatic rings. The molecule has 0 aromatic heterocycles. The van der Waals surface area contributed by atoms with Gasteiger partial charge in [-0.2, -0.15) is 4.31 Å². The molecule has 0 aliphatic carbocycles. The van der Waals surface area contributed by atoms with Gasteiger partial charge in [0.05, 0.1) is 9.82 Å². The van der Waals surface area contributed by atoms with Crippen LogP contribution in [0.25, 0.3) is 0 Å². The van der Waals surface area contributed by atoms with Gasteiger partial charge >= 0.3 is 0 Å². The van der Waals surface area contributed by atoms with Crippen molar-refractivity contribution in [3.8, 4) is 0 Å². The summed E-state index contributed by atoms with van der Waals surface area (Å²) in [5.74, 6) is -0.370. The van der Waals surface area contributed by atoms with Crippen LogP contribution in [0.1, 0.15) is 18.5 Å². The fraction of sp³-hybridized carbons (Fsp3) is 0.368.